The van der Waals surface area contributed by atoms with Gasteiger partial charge < -0.3 is 10.1 Å². The minimum absolute atomic E-state index is 0.230. The Balaban J connectivity index is 1.90. The van der Waals surface area contributed by atoms with Gasteiger partial charge in [-0.3, -0.25) is 9.78 Å². The summed E-state index contributed by atoms with van der Waals surface area (Å²) in [5, 5.41) is 2.89. The number of hydrogen-bond acceptors (Lipinski definition) is 3. The summed E-state index contributed by atoms with van der Waals surface area (Å²) in [6, 6.07) is 14.5. The number of ether oxygens (including phenoxy) is 1. The van der Waals surface area contributed by atoms with Gasteiger partial charge in [-0.15, -0.1) is 0 Å². The molecule has 0 unspecified atom stereocenters. The van der Waals surface area contributed by atoms with Crippen LogP contribution in [0.4, 0.5) is 4.39 Å². The summed E-state index contributed by atoms with van der Waals surface area (Å²) in [6.45, 7) is 8.64. The molecule has 1 aromatic heterocycles. The molecule has 0 aliphatic heterocycles. The first-order valence-electron chi connectivity index (χ1n) is 10.6. The SMILES string of the molecule is CCc1cccnc1-c1ccc(OCC(C)C)c(C(=O)NCc2ccc(C)c(F)c2)c1. The fraction of sp³-hybridized carbons (Fsp3) is 0.308. The molecule has 0 bridgehead atoms. The van der Waals surface area contributed by atoms with E-state index in [1.54, 1.807) is 19.2 Å². The number of carbonyl (C=O) groups is 1. The number of nitrogens with one attached hydrogen (secondary N) is 1. The van der Waals surface area contributed by atoms with Crippen LogP contribution in [0.25, 0.3) is 11.3 Å². The Labute approximate surface area is 183 Å². The molecule has 0 aliphatic rings. The summed E-state index contributed by atoms with van der Waals surface area (Å²) in [5.41, 5.74) is 4.55. The first-order chi connectivity index (χ1) is 14.9. The summed E-state index contributed by atoms with van der Waals surface area (Å²) in [7, 11) is 0. The maximum Gasteiger partial charge on any atom is 0.255 e. The van der Waals surface area contributed by atoms with Gasteiger partial charge in [0.05, 0.1) is 17.9 Å². The molecule has 4 nitrogen and oxygen atoms in total. The molecule has 1 heterocycles. The summed E-state index contributed by atoms with van der Waals surface area (Å²) >= 11 is 0. The van der Waals surface area contributed by atoms with E-state index >= 15 is 0 Å². The second-order valence-corrected chi connectivity index (χ2v) is 8.05. The molecular formula is C26H29FN2O2. The number of pyridine rings is 1. The molecule has 1 N–H and O–H groups in total. The van der Waals surface area contributed by atoms with Crippen LogP contribution in [0.1, 0.15) is 47.8 Å². The third-order valence-electron chi connectivity index (χ3n) is 5.03. The van der Waals surface area contributed by atoms with E-state index in [9.17, 15) is 9.18 Å². The van der Waals surface area contributed by atoms with Crippen LogP contribution in [0.3, 0.4) is 0 Å². The van der Waals surface area contributed by atoms with E-state index in [0.717, 1.165) is 23.2 Å². The van der Waals surface area contributed by atoms with Gasteiger partial charge in [0.15, 0.2) is 0 Å². The number of carbonyl (C=O) groups excluding carboxylic acids is 1. The van der Waals surface area contributed by atoms with Crippen molar-refractivity contribution in [1.29, 1.82) is 0 Å². The van der Waals surface area contributed by atoms with Crippen molar-refractivity contribution in [3.63, 3.8) is 0 Å². The van der Waals surface area contributed by atoms with E-state index in [4.69, 9.17) is 4.74 Å². The Morgan fingerprint density at radius 1 is 1.16 bits per heavy atom. The van der Waals surface area contributed by atoms with Gasteiger partial charge in [0.1, 0.15) is 11.6 Å². The zero-order valence-corrected chi connectivity index (χ0v) is 18.5. The highest BCUT2D eigenvalue weighted by atomic mass is 19.1. The molecular weight excluding hydrogens is 391 g/mol. The van der Waals surface area contributed by atoms with Crippen LogP contribution in [0, 0.1) is 18.7 Å². The van der Waals surface area contributed by atoms with Crippen LogP contribution in [-0.2, 0) is 13.0 Å². The molecule has 0 atom stereocenters. The molecule has 162 valence electrons. The summed E-state index contributed by atoms with van der Waals surface area (Å²) < 4.78 is 19.8. The lowest BCUT2D eigenvalue weighted by molar-refractivity contribution is 0.0946. The number of halogens is 1. The lowest BCUT2D eigenvalue weighted by Crippen LogP contribution is -2.24. The monoisotopic (exact) mass is 420 g/mol. The highest BCUT2D eigenvalue weighted by Gasteiger charge is 2.16. The summed E-state index contributed by atoms with van der Waals surface area (Å²) in [4.78, 5) is 17.6. The van der Waals surface area contributed by atoms with Gasteiger partial charge in [0.2, 0.25) is 0 Å². The van der Waals surface area contributed by atoms with Crippen LogP contribution < -0.4 is 10.1 Å². The van der Waals surface area contributed by atoms with E-state index < -0.39 is 0 Å². The number of amides is 1. The highest BCUT2D eigenvalue weighted by molar-refractivity contribution is 5.98. The van der Waals surface area contributed by atoms with Gasteiger partial charge in [0.25, 0.3) is 5.91 Å². The van der Waals surface area contributed by atoms with Crippen molar-refractivity contribution >= 4 is 5.91 Å². The fourth-order valence-corrected chi connectivity index (χ4v) is 3.24. The maximum absolute atomic E-state index is 13.8. The first kappa shape index (κ1) is 22.5. The Morgan fingerprint density at radius 2 is 1.97 bits per heavy atom. The minimum Gasteiger partial charge on any atom is -0.492 e. The first-order valence-corrected chi connectivity index (χ1v) is 10.6. The minimum atomic E-state index is -0.281. The quantitative estimate of drug-likeness (QED) is 0.507. The van der Waals surface area contributed by atoms with Crippen molar-refractivity contribution in [2.75, 3.05) is 6.61 Å². The fourth-order valence-electron chi connectivity index (χ4n) is 3.24. The van der Waals surface area contributed by atoms with Gasteiger partial charge in [-0.05, 0) is 66.3 Å². The van der Waals surface area contributed by atoms with Crippen molar-refractivity contribution in [2.45, 2.75) is 40.7 Å². The van der Waals surface area contributed by atoms with E-state index in [1.165, 1.54) is 6.07 Å². The molecule has 3 aromatic rings. The number of aryl methyl sites for hydroxylation is 2. The summed E-state index contributed by atoms with van der Waals surface area (Å²) in [6.07, 6.45) is 2.60. The third kappa shape index (κ3) is 5.69. The second kappa shape index (κ2) is 10.2. The Bertz CT molecular complexity index is 1060. The smallest absolute Gasteiger partial charge is 0.255 e. The van der Waals surface area contributed by atoms with Gasteiger partial charge in [0, 0.05) is 18.3 Å². The van der Waals surface area contributed by atoms with Crippen LogP contribution in [0.2, 0.25) is 0 Å². The lowest BCUT2D eigenvalue weighted by Gasteiger charge is -2.15. The number of nitrogens with zero attached hydrogens (tertiary/aromatic N) is 1. The van der Waals surface area contributed by atoms with Crippen LogP contribution in [0.15, 0.2) is 54.7 Å². The summed E-state index contributed by atoms with van der Waals surface area (Å²) in [5.74, 6) is 0.306. The van der Waals surface area contributed by atoms with Gasteiger partial charge in [-0.1, -0.05) is 39.0 Å². The molecule has 0 aliphatic carbocycles. The van der Waals surface area contributed by atoms with Crippen molar-refractivity contribution < 1.29 is 13.9 Å². The van der Waals surface area contributed by atoms with E-state index in [1.807, 2.05) is 36.4 Å². The molecule has 5 heteroatoms. The second-order valence-electron chi connectivity index (χ2n) is 8.05. The van der Waals surface area contributed by atoms with Crippen molar-refractivity contribution in [3.8, 4) is 17.0 Å². The zero-order valence-electron chi connectivity index (χ0n) is 18.5. The molecule has 0 fully saturated rings. The maximum atomic E-state index is 13.8. The molecule has 0 saturated carbocycles. The van der Waals surface area contributed by atoms with Crippen LogP contribution in [0.5, 0.6) is 5.75 Å². The Hall–Kier alpha value is -3.21. The zero-order chi connectivity index (χ0) is 22.4. The molecule has 0 spiro atoms. The van der Waals surface area contributed by atoms with Crippen molar-refractivity contribution in [3.05, 3.63) is 82.8 Å². The van der Waals surface area contributed by atoms with E-state index in [-0.39, 0.29) is 18.3 Å². The average Bonchev–Trinajstić information content (AvgIpc) is 2.78. The Morgan fingerprint density at radius 3 is 2.68 bits per heavy atom. The normalized spacial score (nSPS) is 10.9. The van der Waals surface area contributed by atoms with Gasteiger partial charge in [-0.2, -0.15) is 0 Å². The molecule has 1 amide bonds. The average molecular weight is 421 g/mol. The topological polar surface area (TPSA) is 51.2 Å². The number of aromatic nitrogens is 1. The predicted octanol–water partition coefficient (Wildman–Crippen LogP) is 5.72. The largest absolute Gasteiger partial charge is 0.492 e. The van der Waals surface area contributed by atoms with Gasteiger partial charge in [-0.25, -0.2) is 4.39 Å². The lowest BCUT2D eigenvalue weighted by atomic mass is 10.0. The van der Waals surface area contributed by atoms with Gasteiger partial charge >= 0.3 is 0 Å². The number of hydrogen-bond donors (Lipinski definition) is 1. The molecule has 31 heavy (non-hydrogen) atoms. The number of rotatable bonds is 8. The number of benzene rings is 2. The standard InChI is InChI=1S/C26H29FN2O2/c1-5-20-7-6-12-28-25(20)21-10-11-24(31-16-17(2)3)22(14-21)26(30)29-15-19-9-8-18(4)23(27)13-19/h6-14,17H,5,15-16H2,1-4H3,(H,29,30). The highest BCUT2D eigenvalue weighted by Crippen LogP contribution is 2.28. The predicted molar refractivity (Wildman–Crippen MR) is 122 cm³/mol. The van der Waals surface area contributed by atoms with Crippen LogP contribution in [-0.4, -0.2) is 17.5 Å². The molecule has 0 saturated heterocycles. The van der Waals surface area contributed by atoms with Crippen molar-refractivity contribution in [2.24, 2.45) is 5.92 Å². The van der Waals surface area contributed by atoms with E-state index in [0.29, 0.717) is 35.0 Å². The Kier molecular flexibility index (Phi) is 7.40. The molecule has 2 aromatic carbocycles. The molecule has 0 radical (unpaired) electrons. The van der Waals surface area contributed by atoms with E-state index in [2.05, 4.69) is 31.1 Å². The van der Waals surface area contributed by atoms with Crippen LogP contribution >= 0.6 is 0 Å². The molecule has 3 rings (SSSR count). The third-order valence-corrected chi connectivity index (χ3v) is 5.03. The van der Waals surface area contributed by atoms with Crippen molar-refractivity contribution in [1.82, 2.24) is 10.3 Å².